The zero-order chi connectivity index (χ0) is 20.1. The molecule has 148 valence electrons. The van der Waals surface area contributed by atoms with Crippen molar-refractivity contribution >= 4 is 11.8 Å². The molecule has 1 aliphatic heterocycles. The Morgan fingerprint density at radius 1 is 1.18 bits per heavy atom. The van der Waals surface area contributed by atoms with Crippen LogP contribution in [-0.4, -0.2) is 34.8 Å². The summed E-state index contributed by atoms with van der Waals surface area (Å²) in [7, 11) is 0. The molecule has 2 amide bonds. The van der Waals surface area contributed by atoms with E-state index in [0.717, 1.165) is 17.8 Å². The summed E-state index contributed by atoms with van der Waals surface area (Å²) >= 11 is 0. The molecular formula is C20H20F3N3O2. The van der Waals surface area contributed by atoms with Crippen LogP contribution in [0.15, 0.2) is 48.7 Å². The zero-order valence-corrected chi connectivity index (χ0v) is 15.1. The van der Waals surface area contributed by atoms with E-state index in [-0.39, 0.29) is 24.6 Å². The minimum Gasteiger partial charge on any atom is -0.350 e. The molecule has 0 unspecified atom stereocenters. The first-order valence-corrected chi connectivity index (χ1v) is 8.99. The second-order valence-corrected chi connectivity index (χ2v) is 6.71. The van der Waals surface area contributed by atoms with Gasteiger partial charge in [0.1, 0.15) is 0 Å². The Balaban J connectivity index is 1.62. The summed E-state index contributed by atoms with van der Waals surface area (Å²) in [5.74, 6) is -1.08. The van der Waals surface area contributed by atoms with Crippen molar-refractivity contribution in [3.05, 3.63) is 65.5 Å². The molecule has 0 bridgehead atoms. The van der Waals surface area contributed by atoms with Gasteiger partial charge in [0.05, 0.1) is 23.7 Å². The fourth-order valence-electron chi connectivity index (χ4n) is 3.21. The molecule has 2 heterocycles. The summed E-state index contributed by atoms with van der Waals surface area (Å²) in [5.41, 5.74) is -0.159. The molecule has 0 radical (unpaired) electrons. The summed E-state index contributed by atoms with van der Waals surface area (Å²) in [6, 6.07) is 9.77. The van der Waals surface area contributed by atoms with Crippen LogP contribution >= 0.6 is 0 Å². The number of aromatic nitrogens is 1. The smallest absolute Gasteiger partial charge is 0.350 e. The standard InChI is InChI=1S/C20H20F3N3O2/c21-20(22,23)16-7-3-5-14(11-16)19(28)26-10-4-6-15(13-26)18(27)25-12-17-8-1-2-9-24-17/h1-3,5,7-9,11,15H,4,6,10,12-13H2,(H,25,27)/t15-/m0/s1. The number of carbonyl (C=O) groups is 2. The van der Waals surface area contributed by atoms with Crippen molar-refractivity contribution in [1.29, 1.82) is 0 Å². The highest BCUT2D eigenvalue weighted by Crippen LogP contribution is 2.30. The van der Waals surface area contributed by atoms with E-state index in [4.69, 9.17) is 0 Å². The van der Waals surface area contributed by atoms with Crippen molar-refractivity contribution in [1.82, 2.24) is 15.2 Å². The number of nitrogens with one attached hydrogen (secondary N) is 1. The van der Waals surface area contributed by atoms with E-state index in [0.29, 0.717) is 19.4 Å². The van der Waals surface area contributed by atoms with Crippen LogP contribution in [-0.2, 0) is 17.5 Å². The van der Waals surface area contributed by atoms with E-state index >= 15 is 0 Å². The van der Waals surface area contributed by atoms with Crippen molar-refractivity contribution in [2.75, 3.05) is 13.1 Å². The van der Waals surface area contributed by atoms with Crippen LogP contribution in [0.2, 0.25) is 0 Å². The fourth-order valence-corrected chi connectivity index (χ4v) is 3.21. The molecule has 1 atom stereocenters. The van der Waals surface area contributed by atoms with Crippen LogP contribution in [0.5, 0.6) is 0 Å². The van der Waals surface area contributed by atoms with E-state index < -0.39 is 23.6 Å². The molecule has 8 heteroatoms. The summed E-state index contributed by atoms with van der Waals surface area (Å²) in [5, 5.41) is 2.81. The Hall–Kier alpha value is -2.90. The average Bonchev–Trinajstić information content (AvgIpc) is 2.72. The number of alkyl halides is 3. The quantitative estimate of drug-likeness (QED) is 0.870. The largest absolute Gasteiger partial charge is 0.416 e. The number of pyridine rings is 1. The lowest BCUT2D eigenvalue weighted by Crippen LogP contribution is -2.45. The van der Waals surface area contributed by atoms with E-state index in [1.807, 2.05) is 6.07 Å². The number of rotatable bonds is 4. The van der Waals surface area contributed by atoms with Crippen molar-refractivity contribution < 1.29 is 22.8 Å². The van der Waals surface area contributed by atoms with E-state index in [1.54, 1.807) is 18.3 Å². The van der Waals surface area contributed by atoms with Gasteiger partial charge in [-0.2, -0.15) is 13.2 Å². The van der Waals surface area contributed by atoms with E-state index in [1.165, 1.54) is 17.0 Å². The lowest BCUT2D eigenvalue weighted by molar-refractivity contribution is -0.137. The van der Waals surface area contributed by atoms with Gasteiger partial charge >= 0.3 is 6.18 Å². The molecule has 0 saturated carbocycles. The molecule has 1 fully saturated rings. The van der Waals surface area contributed by atoms with Gasteiger partial charge in [-0.15, -0.1) is 0 Å². The van der Waals surface area contributed by atoms with Gasteiger partial charge in [-0.1, -0.05) is 12.1 Å². The third kappa shape index (κ3) is 4.88. The van der Waals surface area contributed by atoms with Gasteiger partial charge in [-0.25, -0.2) is 0 Å². The fraction of sp³-hybridized carbons (Fsp3) is 0.350. The Morgan fingerprint density at radius 2 is 2.00 bits per heavy atom. The number of nitrogens with zero attached hydrogens (tertiary/aromatic N) is 2. The van der Waals surface area contributed by atoms with Gasteiger partial charge in [0, 0.05) is 24.8 Å². The summed E-state index contributed by atoms with van der Waals surface area (Å²) in [6.45, 7) is 0.889. The topological polar surface area (TPSA) is 62.3 Å². The Kier molecular flexibility index (Phi) is 5.96. The molecule has 0 aliphatic carbocycles. The lowest BCUT2D eigenvalue weighted by atomic mass is 9.96. The molecule has 28 heavy (non-hydrogen) atoms. The number of carbonyl (C=O) groups excluding carboxylic acids is 2. The highest BCUT2D eigenvalue weighted by atomic mass is 19.4. The van der Waals surface area contributed by atoms with Crippen LogP contribution in [0.4, 0.5) is 13.2 Å². The van der Waals surface area contributed by atoms with Crippen molar-refractivity contribution in [3.63, 3.8) is 0 Å². The van der Waals surface area contributed by atoms with Crippen molar-refractivity contribution in [2.24, 2.45) is 5.92 Å². The Morgan fingerprint density at radius 3 is 2.71 bits per heavy atom. The number of piperidine rings is 1. The highest BCUT2D eigenvalue weighted by molar-refractivity contribution is 5.95. The predicted octanol–water partition coefficient (Wildman–Crippen LogP) is 3.27. The third-order valence-electron chi connectivity index (χ3n) is 4.69. The Bertz CT molecular complexity index is 840. The minimum absolute atomic E-state index is 0.0237. The second-order valence-electron chi connectivity index (χ2n) is 6.71. The van der Waals surface area contributed by atoms with E-state index in [9.17, 15) is 22.8 Å². The highest BCUT2D eigenvalue weighted by Gasteiger charge is 2.33. The van der Waals surface area contributed by atoms with Gasteiger partial charge in [-0.05, 0) is 43.2 Å². The van der Waals surface area contributed by atoms with Crippen LogP contribution < -0.4 is 5.32 Å². The van der Waals surface area contributed by atoms with Gasteiger partial charge in [0.15, 0.2) is 0 Å². The third-order valence-corrected chi connectivity index (χ3v) is 4.69. The molecule has 2 aromatic rings. The number of halogens is 3. The van der Waals surface area contributed by atoms with E-state index in [2.05, 4.69) is 10.3 Å². The maximum atomic E-state index is 12.9. The Labute approximate surface area is 160 Å². The molecule has 1 saturated heterocycles. The SMILES string of the molecule is O=C(NCc1ccccn1)[C@H]1CCCN(C(=O)c2cccc(C(F)(F)F)c2)C1. The number of amides is 2. The minimum atomic E-state index is -4.51. The van der Waals surface area contributed by atoms with Gasteiger partial charge < -0.3 is 10.2 Å². The normalized spacial score (nSPS) is 17.2. The first kappa shape index (κ1) is 19.9. The predicted molar refractivity (Wildman–Crippen MR) is 96.2 cm³/mol. The monoisotopic (exact) mass is 391 g/mol. The van der Waals surface area contributed by atoms with Crippen LogP contribution in [0.3, 0.4) is 0 Å². The molecular weight excluding hydrogens is 371 g/mol. The van der Waals surface area contributed by atoms with Gasteiger partial charge in [-0.3, -0.25) is 14.6 Å². The van der Waals surface area contributed by atoms with Crippen molar-refractivity contribution in [2.45, 2.75) is 25.6 Å². The molecule has 1 aromatic heterocycles. The summed E-state index contributed by atoms with van der Waals surface area (Å²) in [4.78, 5) is 30.7. The summed E-state index contributed by atoms with van der Waals surface area (Å²) < 4.78 is 38.6. The second kappa shape index (κ2) is 8.41. The first-order valence-electron chi connectivity index (χ1n) is 8.99. The number of likely N-dealkylation sites (tertiary alicyclic amines) is 1. The molecule has 1 aliphatic rings. The average molecular weight is 391 g/mol. The lowest BCUT2D eigenvalue weighted by Gasteiger charge is -2.32. The number of hydrogen-bond donors (Lipinski definition) is 1. The summed E-state index contributed by atoms with van der Waals surface area (Å²) in [6.07, 6.45) is -1.63. The molecule has 5 nitrogen and oxygen atoms in total. The van der Waals surface area contributed by atoms with Crippen LogP contribution in [0.1, 0.15) is 34.5 Å². The van der Waals surface area contributed by atoms with Crippen molar-refractivity contribution in [3.8, 4) is 0 Å². The van der Waals surface area contributed by atoms with Crippen LogP contribution in [0, 0.1) is 5.92 Å². The molecule has 1 aromatic carbocycles. The molecule has 0 spiro atoms. The maximum absolute atomic E-state index is 12.9. The first-order chi connectivity index (χ1) is 13.3. The maximum Gasteiger partial charge on any atom is 0.416 e. The molecule has 1 N–H and O–H groups in total. The van der Waals surface area contributed by atoms with Crippen LogP contribution in [0.25, 0.3) is 0 Å². The number of hydrogen-bond acceptors (Lipinski definition) is 3. The number of benzene rings is 1. The molecule has 3 rings (SSSR count). The van der Waals surface area contributed by atoms with Gasteiger partial charge in [0.2, 0.25) is 5.91 Å². The zero-order valence-electron chi connectivity index (χ0n) is 15.1. The van der Waals surface area contributed by atoms with Gasteiger partial charge in [0.25, 0.3) is 5.91 Å².